The Bertz CT molecular complexity index is 452. The third-order valence-corrected chi connectivity index (χ3v) is 3.51. The Morgan fingerprint density at radius 2 is 2.24 bits per heavy atom. The number of thioether (sulfide) groups is 1. The molecular formula is C12H13N3OS. The maximum absolute atomic E-state index is 11.5. The molecule has 2 rings (SSSR count). The molecule has 0 aromatic heterocycles. The second kappa shape index (κ2) is 5.11. The van der Waals surface area contributed by atoms with Crippen molar-refractivity contribution in [2.24, 2.45) is 0 Å². The van der Waals surface area contributed by atoms with Crippen LogP contribution < -0.4 is 5.32 Å². The molecule has 0 spiro atoms. The number of carbonyl (C=O) groups excluding carboxylic acids is 1. The highest BCUT2D eigenvalue weighted by Gasteiger charge is 2.29. The van der Waals surface area contributed by atoms with E-state index < -0.39 is 0 Å². The molecule has 0 bridgehead atoms. The quantitative estimate of drug-likeness (QED) is 0.656. The standard InChI is InChI=1S/C12H13N3OS/c1-17-10-4-2-9(3-5-10)11-8-15(7-6-13)12(16)14-11/h2-5,11H,7-8H2,1H3,(H,14,16). The van der Waals surface area contributed by atoms with Crippen molar-refractivity contribution < 1.29 is 4.79 Å². The van der Waals surface area contributed by atoms with E-state index >= 15 is 0 Å². The predicted molar refractivity (Wildman–Crippen MR) is 66.7 cm³/mol. The van der Waals surface area contributed by atoms with Gasteiger partial charge in [0.2, 0.25) is 0 Å². The Kier molecular flexibility index (Phi) is 3.55. The van der Waals surface area contributed by atoms with Crippen LogP contribution in [0.15, 0.2) is 29.2 Å². The fourth-order valence-electron chi connectivity index (χ4n) is 1.84. The summed E-state index contributed by atoms with van der Waals surface area (Å²) in [6.45, 7) is 0.705. The minimum Gasteiger partial charge on any atom is -0.329 e. The zero-order valence-corrected chi connectivity index (χ0v) is 10.3. The third-order valence-electron chi connectivity index (χ3n) is 2.77. The summed E-state index contributed by atoms with van der Waals surface area (Å²) in [7, 11) is 0. The highest BCUT2D eigenvalue weighted by Crippen LogP contribution is 2.22. The summed E-state index contributed by atoms with van der Waals surface area (Å²) in [6, 6.07) is 9.95. The number of benzene rings is 1. The topological polar surface area (TPSA) is 56.1 Å². The number of urea groups is 1. The second-order valence-corrected chi connectivity index (χ2v) is 4.69. The number of amides is 2. The van der Waals surface area contributed by atoms with E-state index in [-0.39, 0.29) is 18.6 Å². The number of nitrogens with zero attached hydrogens (tertiary/aromatic N) is 2. The van der Waals surface area contributed by atoms with Crippen LogP contribution in [0.4, 0.5) is 4.79 Å². The van der Waals surface area contributed by atoms with Crippen LogP contribution in [0.3, 0.4) is 0 Å². The fraction of sp³-hybridized carbons (Fsp3) is 0.333. The number of rotatable bonds is 3. The molecular weight excluding hydrogens is 234 g/mol. The van der Waals surface area contributed by atoms with Gasteiger partial charge in [-0.1, -0.05) is 12.1 Å². The molecule has 1 saturated heterocycles. The van der Waals surface area contributed by atoms with E-state index in [1.165, 1.54) is 9.80 Å². The van der Waals surface area contributed by atoms with Gasteiger partial charge in [-0.25, -0.2) is 4.79 Å². The van der Waals surface area contributed by atoms with Crippen molar-refractivity contribution in [3.8, 4) is 6.07 Å². The Morgan fingerprint density at radius 3 is 2.82 bits per heavy atom. The van der Waals surface area contributed by atoms with E-state index in [4.69, 9.17) is 5.26 Å². The maximum Gasteiger partial charge on any atom is 0.318 e. The maximum atomic E-state index is 11.5. The summed E-state index contributed by atoms with van der Waals surface area (Å²) in [6.07, 6.45) is 2.03. The molecule has 1 atom stereocenters. The summed E-state index contributed by atoms with van der Waals surface area (Å²) < 4.78 is 0. The molecule has 0 radical (unpaired) electrons. The number of carbonyl (C=O) groups is 1. The Labute approximate surface area is 105 Å². The van der Waals surface area contributed by atoms with E-state index in [0.717, 1.165) is 5.56 Å². The molecule has 1 unspecified atom stereocenters. The zero-order chi connectivity index (χ0) is 12.3. The molecule has 1 aromatic rings. The molecule has 2 amide bonds. The number of hydrogen-bond donors (Lipinski definition) is 1. The molecule has 1 N–H and O–H groups in total. The molecule has 1 aliphatic rings. The van der Waals surface area contributed by atoms with Crippen molar-refractivity contribution in [3.05, 3.63) is 29.8 Å². The average Bonchev–Trinajstić information content (AvgIpc) is 2.72. The van der Waals surface area contributed by atoms with Gasteiger partial charge in [-0.3, -0.25) is 0 Å². The van der Waals surface area contributed by atoms with Crippen molar-refractivity contribution in [2.45, 2.75) is 10.9 Å². The van der Waals surface area contributed by atoms with Crippen molar-refractivity contribution in [1.29, 1.82) is 5.26 Å². The molecule has 17 heavy (non-hydrogen) atoms. The zero-order valence-electron chi connectivity index (χ0n) is 9.51. The predicted octanol–water partition coefficient (Wildman–Crippen LogP) is 2.00. The van der Waals surface area contributed by atoms with Crippen molar-refractivity contribution >= 4 is 17.8 Å². The van der Waals surface area contributed by atoms with Crippen molar-refractivity contribution in [1.82, 2.24) is 10.2 Å². The summed E-state index contributed by atoms with van der Waals surface area (Å²) in [5, 5.41) is 11.5. The van der Waals surface area contributed by atoms with Crippen LogP contribution in [-0.4, -0.2) is 30.3 Å². The van der Waals surface area contributed by atoms with E-state index in [1.54, 1.807) is 11.8 Å². The van der Waals surface area contributed by atoms with E-state index in [2.05, 4.69) is 5.32 Å². The number of nitrogens with one attached hydrogen (secondary N) is 1. The normalized spacial score (nSPS) is 18.9. The monoisotopic (exact) mass is 247 g/mol. The molecule has 1 aliphatic heterocycles. The first-order chi connectivity index (χ1) is 8.24. The van der Waals surface area contributed by atoms with Crippen LogP contribution in [0.25, 0.3) is 0 Å². The molecule has 5 heteroatoms. The van der Waals surface area contributed by atoms with Gasteiger partial charge in [0.15, 0.2) is 0 Å². The molecule has 0 aliphatic carbocycles. The second-order valence-electron chi connectivity index (χ2n) is 3.81. The van der Waals surface area contributed by atoms with E-state index in [1.807, 2.05) is 36.6 Å². The van der Waals surface area contributed by atoms with Gasteiger partial charge in [-0.2, -0.15) is 5.26 Å². The highest BCUT2D eigenvalue weighted by atomic mass is 32.2. The van der Waals surface area contributed by atoms with Gasteiger partial charge in [0.05, 0.1) is 12.1 Å². The van der Waals surface area contributed by atoms with Crippen LogP contribution in [0.2, 0.25) is 0 Å². The third kappa shape index (κ3) is 2.53. The summed E-state index contributed by atoms with van der Waals surface area (Å²) >= 11 is 1.69. The SMILES string of the molecule is CSc1ccc(C2CN(CC#N)C(=O)N2)cc1. The summed E-state index contributed by atoms with van der Waals surface area (Å²) in [4.78, 5) is 14.3. The molecule has 1 aromatic carbocycles. The van der Waals surface area contributed by atoms with Gasteiger partial charge in [0, 0.05) is 11.4 Å². The molecule has 88 valence electrons. The average molecular weight is 247 g/mol. The lowest BCUT2D eigenvalue weighted by Crippen LogP contribution is -2.28. The van der Waals surface area contributed by atoms with Gasteiger partial charge in [-0.05, 0) is 24.0 Å². The molecule has 1 fully saturated rings. The minimum absolute atomic E-state index is 0.00763. The number of hydrogen-bond acceptors (Lipinski definition) is 3. The Morgan fingerprint density at radius 1 is 1.53 bits per heavy atom. The lowest BCUT2D eigenvalue weighted by atomic mass is 10.1. The van der Waals surface area contributed by atoms with Crippen LogP contribution >= 0.6 is 11.8 Å². The highest BCUT2D eigenvalue weighted by molar-refractivity contribution is 7.98. The first-order valence-electron chi connectivity index (χ1n) is 5.31. The molecule has 0 saturated carbocycles. The van der Waals surface area contributed by atoms with Crippen molar-refractivity contribution in [3.63, 3.8) is 0 Å². The fourth-order valence-corrected chi connectivity index (χ4v) is 2.24. The lowest BCUT2D eigenvalue weighted by molar-refractivity contribution is 0.222. The smallest absolute Gasteiger partial charge is 0.318 e. The van der Waals surface area contributed by atoms with Gasteiger partial charge in [0.25, 0.3) is 0 Å². The first-order valence-corrected chi connectivity index (χ1v) is 6.53. The van der Waals surface area contributed by atoms with Crippen LogP contribution in [0.1, 0.15) is 11.6 Å². The Hall–Kier alpha value is -1.67. The van der Waals surface area contributed by atoms with E-state index in [0.29, 0.717) is 6.54 Å². The Balaban J connectivity index is 2.09. The van der Waals surface area contributed by atoms with Crippen LogP contribution in [0, 0.1) is 11.3 Å². The molecule has 1 heterocycles. The van der Waals surface area contributed by atoms with Gasteiger partial charge < -0.3 is 10.2 Å². The number of nitriles is 1. The van der Waals surface area contributed by atoms with Crippen LogP contribution in [0.5, 0.6) is 0 Å². The molecule has 4 nitrogen and oxygen atoms in total. The summed E-state index contributed by atoms with van der Waals surface area (Å²) in [5.74, 6) is 0. The largest absolute Gasteiger partial charge is 0.329 e. The lowest BCUT2D eigenvalue weighted by Gasteiger charge is -2.10. The van der Waals surface area contributed by atoms with Crippen molar-refractivity contribution in [2.75, 3.05) is 19.3 Å². The van der Waals surface area contributed by atoms with Gasteiger partial charge in [0.1, 0.15) is 6.54 Å². The first kappa shape index (κ1) is 11.8. The van der Waals surface area contributed by atoms with Gasteiger partial charge >= 0.3 is 6.03 Å². The van der Waals surface area contributed by atoms with Crippen LogP contribution in [-0.2, 0) is 0 Å². The summed E-state index contributed by atoms with van der Waals surface area (Å²) in [5.41, 5.74) is 1.08. The minimum atomic E-state index is -0.162. The van der Waals surface area contributed by atoms with Gasteiger partial charge in [-0.15, -0.1) is 11.8 Å². The van der Waals surface area contributed by atoms with E-state index in [9.17, 15) is 4.79 Å².